The molecule has 1 aromatic carbocycles. The van der Waals surface area contributed by atoms with E-state index in [1.165, 1.54) is 4.68 Å². The summed E-state index contributed by atoms with van der Waals surface area (Å²) in [4.78, 5) is 25.4. The molecule has 102 valence electrons. The normalized spacial score (nSPS) is 10.6. The number of carboxylic acids is 1. The molecule has 20 heavy (non-hydrogen) atoms. The van der Waals surface area contributed by atoms with Crippen molar-refractivity contribution >= 4 is 23.8 Å². The molecule has 3 N–H and O–H groups in total. The first kappa shape index (κ1) is 13.3. The quantitative estimate of drug-likeness (QED) is 0.694. The van der Waals surface area contributed by atoms with E-state index in [0.717, 1.165) is 6.08 Å². The van der Waals surface area contributed by atoms with Crippen LogP contribution < -0.4 is 16.2 Å². The molecule has 0 unspecified atom stereocenters. The van der Waals surface area contributed by atoms with E-state index in [1.54, 1.807) is 24.3 Å². The molecule has 1 heterocycles. The van der Waals surface area contributed by atoms with E-state index in [-0.39, 0.29) is 11.9 Å². The van der Waals surface area contributed by atoms with E-state index in [1.807, 2.05) is 6.07 Å². The zero-order valence-corrected chi connectivity index (χ0v) is 10.2. The van der Waals surface area contributed by atoms with E-state index >= 15 is 0 Å². The number of carbonyl (C=O) groups excluding carboxylic acids is 2. The first-order valence-corrected chi connectivity index (χ1v) is 5.54. The van der Waals surface area contributed by atoms with Crippen molar-refractivity contribution < 1.29 is 14.7 Å². The molecule has 0 aliphatic heterocycles. The number of nitrogen functional groups attached to an aromatic ring is 1. The van der Waals surface area contributed by atoms with Gasteiger partial charge >= 0.3 is 0 Å². The molecule has 0 bridgehead atoms. The van der Waals surface area contributed by atoms with Crippen molar-refractivity contribution in [2.75, 3.05) is 11.1 Å². The molecular formula is C12H10N5O3-. The lowest BCUT2D eigenvalue weighted by Crippen LogP contribution is -2.20. The number of aliphatic carboxylic acids is 1. The minimum atomic E-state index is -1.47. The van der Waals surface area contributed by atoms with E-state index in [4.69, 9.17) is 5.73 Å². The van der Waals surface area contributed by atoms with Crippen molar-refractivity contribution in [3.05, 3.63) is 42.5 Å². The van der Waals surface area contributed by atoms with Crippen LogP contribution in [-0.2, 0) is 9.59 Å². The third kappa shape index (κ3) is 3.19. The summed E-state index contributed by atoms with van der Waals surface area (Å²) in [6.45, 7) is 0. The van der Waals surface area contributed by atoms with E-state index in [2.05, 4.69) is 15.4 Å². The smallest absolute Gasteiger partial charge is 0.251 e. The van der Waals surface area contributed by atoms with Gasteiger partial charge in [-0.3, -0.25) is 10.1 Å². The van der Waals surface area contributed by atoms with Crippen molar-refractivity contribution in [2.45, 2.75) is 0 Å². The number of amides is 1. The number of hydrogen-bond donors (Lipinski definition) is 2. The third-order valence-corrected chi connectivity index (χ3v) is 2.24. The van der Waals surface area contributed by atoms with Crippen LogP contribution in [0.4, 0.5) is 11.9 Å². The number of anilines is 2. The lowest BCUT2D eigenvalue weighted by Gasteiger charge is -2.00. The highest BCUT2D eigenvalue weighted by Crippen LogP contribution is 2.12. The van der Waals surface area contributed by atoms with Crippen LogP contribution in [-0.4, -0.2) is 26.6 Å². The van der Waals surface area contributed by atoms with Crippen molar-refractivity contribution in [1.82, 2.24) is 14.8 Å². The van der Waals surface area contributed by atoms with Crippen LogP contribution in [0.2, 0.25) is 0 Å². The molecule has 0 saturated carbocycles. The molecule has 2 rings (SSSR count). The van der Waals surface area contributed by atoms with Gasteiger partial charge in [-0.2, -0.15) is 9.67 Å². The molecule has 8 heteroatoms. The van der Waals surface area contributed by atoms with Crippen LogP contribution in [0.5, 0.6) is 0 Å². The van der Waals surface area contributed by atoms with Gasteiger partial charge in [0.15, 0.2) is 0 Å². The van der Waals surface area contributed by atoms with Crippen molar-refractivity contribution in [1.29, 1.82) is 0 Å². The van der Waals surface area contributed by atoms with E-state index < -0.39 is 11.9 Å². The number of nitrogens with one attached hydrogen (secondary N) is 1. The standard InChI is InChI=1S/C12H11N5O3/c13-11-15-12(14-9(18)6-7-10(19)20)16-17(11)8-4-2-1-3-5-8/h1-7H,(H,19,20)(H3,13,14,15,16,18)/p-1/b7-6+. The lowest BCUT2D eigenvalue weighted by molar-refractivity contribution is -0.297. The minimum absolute atomic E-state index is 0.0284. The molecule has 0 radical (unpaired) electrons. The highest BCUT2D eigenvalue weighted by molar-refractivity contribution is 6.01. The van der Waals surface area contributed by atoms with Crippen LogP contribution in [0.3, 0.4) is 0 Å². The fourth-order valence-corrected chi connectivity index (χ4v) is 1.43. The monoisotopic (exact) mass is 272 g/mol. The van der Waals surface area contributed by atoms with Crippen molar-refractivity contribution in [2.24, 2.45) is 0 Å². The Balaban J connectivity index is 2.16. The summed E-state index contributed by atoms with van der Waals surface area (Å²) in [5, 5.41) is 16.5. The molecule has 2 aromatic rings. The maximum atomic E-state index is 11.4. The van der Waals surface area contributed by atoms with Gasteiger partial charge in [-0.1, -0.05) is 18.2 Å². The molecular weight excluding hydrogens is 262 g/mol. The van der Waals surface area contributed by atoms with Crippen molar-refractivity contribution in [3.8, 4) is 5.69 Å². The van der Waals surface area contributed by atoms with Crippen LogP contribution in [0, 0.1) is 0 Å². The Hall–Kier alpha value is -3.16. The second-order valence-corrected chi connectivity index (χ2v) is 3.68. The SMILES string of the molecule is Nc1nc(NC(=O)/C=C/C(=O)[O-])nn1-c1ccccc1. The topological polar surface area (TPSA) is 126 Å². The molecule has 1 aromatic heterocycles. The number of hydrogen-bond acceptors (Lipinski definition) is 6. The number of carboxylic acid groups (broad SMARTS) is 1. The molecule has 0 aliphatic carbocycles. The average molecular weight is 272 g/mol. The Morgan fingerprint density at radius 2 is 1.95 bits per heavy atom. The predicted octanol–water partition coefficient (Wildman–Crippen LogP) is -0.906. The van der Waals surface area contributed by atoms with Crippen LogP contribution in [0.1, 0.15) is 0 Å². The largest absolute Gasteiger partial charge is 0.545 e. The van der Waals surface area contributed by atoms with Crippen LogP contribution in [0.25, 0.3) is 5.69 Å². The van der Waals surface area contributed by atoms with Crippen molar-refractivity contribution in [3.63, 3.8) is 0 Å². The number of nitrogens with two attached hydrogens (primary N) is 1. The number of rotatable bonds is 4. The van der Waals surface area contributed by atoms with Crippen LogP contribution in [0.15, 0.2) is 42.5 Å². The van der Waals surface area contributed by atoms with Gasteiger partial charge in [-0.05, 0) is 18.2 Å². The van der Waals surface area contributed by atoms with Gasteiger partial charge in [0.25, 0.3) is 11.9 Å². The second-order valence-electron chi connectivity index (χ2n) is 3.68. The van der Waals surface area contributed by atoms with E-state index in [0.29, 0.717) is 11.8 Å². The molecule has 0 fully saturated rings. The second kappa shape index (κ2) is 5.65. The highest BCUT2D eigenvalue weighted by atomic mass is 16.4. The fourth-order valence-electron chi connectivity index (χ4n) is 1.43. The first-order chi connectivity index (χ1) is 9.56. The summed E-state index contributed by atoms with van der Waals surface area (Å²) in [5.74, 6) is -2.10. The van der Waals surface area contributed by atoms with Gasteiger partial charge in [0.2, 0.25) is 5.95 Å². The number of benzene rings is 1. The Bertz CT molecular complexity index is 663. The van der Waals surface area contributed by atoms with E-state index in [9.17, 15) is 14.7 Å². The summed E-state index contributed by atoms with van der Waals surface area (Å²) >= 11 is 0. The summed E-state index contributed by atoms with van der Waals surface area (Å²) in [5.41, 5.74) is 6.37. The number of para-hydroxylation sites is 1. The molecule has 0 atom stereocenters. The lowest BCUT2D eigenvalue weighted by atomic mass is 10.3. The van der Waals surface area contributed by atoms with Gasteiger partial charge in [0, 0.05) is 6.08 Å². The zero-order valence-electron chi connectivity index (χ0n) is 10.2. The Morgan fingerprint density at radius 1 is 1.25 bits per heavy atom. The number of nitrogens with zero attached hydrogens (tertiary/aromatic N) is 3. The summed E-state index contributed by atoms with van der Waals surface area (Å²) < 4.78 is 1.35. The first-order valence-electron chi connectivity index (χ1n) is 5.54. The van der Waals surface area contributed by atoms with Gasteiger partial charge in [-0.15, -0.1) is 5.10 Å². The molecule has 1 amide bonds. The maximum Gasteiger partial charge on any atom is 0.251 e. The molecule has 0 aliphatic rings. The minimum Gasteiger partial charge on any atom is -0.545 e. The summed E-state index contributed by atoms with van der Waals surface area (Å²) in [6.07, 6.45) is 1.40. The molecule has 0 saturated heterocycles. The Labute approximate surface area is 113 Å². The number of aromatic nitrogens is 3. The predicted molar refractivity (Wildman–Crippen MR) is 68.5 cm³/mol. The Morgan fingerprint density at radius 3 is 2.60 bits per heavy atom. The highest BCUT2D eigenvalue weighted by Gasteiger charge is 2.09. The summed E-state index contributed by atoms with van der Waals surface area (Å²) in [6, 6.07) is 8.98. The number of carbonyl (C=O) groups is 2. The third-order valence-electron chi connectivity index (χ3n) is 2.24. The van der Waals surface area contributed by atoms with Gasteiger partial charge in [0.05, 0.1) is 11.7 Å². The average Bonchev–Trinajstić information content (AvgIpc) is 2.78. The summed E-state index contributed by atoms with van der Waals surface area (Å²) in [7, 11) is 0. The fraction of sp³-hybridized carbons (Fsp3) is 0. The zero-order chi connectivity index (χ0) is 14.5. The van der Waals surface area contributed by atoms with Gasteiger partial charge in [0.1, 0.15) is 0 Å². The van der Waals surface area contributed by atoms with Gasteiger partial charge < -0.3 is 15.6 Å². The molecule has 8 nitrogen and oxygen atoms in total. The maximum absolute atomic E-state index is 11.4. The van der Waals surface area contributed by atoms with Gasteiger partial charge in [-0.25, -0.2) is 0 Å². The van der Waals surface area contributed by atoms with Crippen LogP contribution >= 0.6 is 0 Å². The Kier molecular flexibility index (Phi) is 3.75. The molecule has 0 spiro atoms.